The van der Waals surface area contributed by atoms with E-state index in [1.165, 1.54) is 18.2 Å². The van der Waals surface area contributed by atoms with E-state index in [-0.39, 0.29) is 18.0 Å². The molecule has 4 aromatic carbocycles. The van der Waals surface area contributed by atoms with Crippen molar-refractivity contribution in [2.24, 2.45) is 0 Å². The Labute approximate surface area is 243 Å². The van der Waals surface area contributed by atoms with Crippen LogP contribution in [0, 0.1) is 11.6 Å². The molecule has 6 rings (SSSR count). The van der Waals surface area contributed by atoms with Gasteiger partial charge < -0.3 is 10.4 Å². The number of hydrogen-bond acceptors (Lipinski definition) is 3. The van der Waals surface area contributed by atoms with Gasteiger partial charge in [0.1, 0.15) is 0 Å². The summed E-state index contributed by atoms with van der Waals surface area (Å²) < 4.78 is 29.4. The molecule has 0 unspecified atom stereocenters. The maximum atomic E-state index is 14.1. The molecule has 0 atom stereocenters. The van der Waals surface area contributed by atoms with Crippen LogP contribution >= 0.6 is 23.2 Å². The van der Waals surface area contributed by atoms with Crippen molar-refractivity contribution in [2.75, 3.05) is 0 Å². The van der Waals surface area contributed by atoms with Crippen molar-refractivity contribution < 1.29 is 23.5 Å². The summed E-state index contributed by atoms with van der Waals surface area (Å²) in [7, 11) is 0. The highest BCUT2D eigenvalue weighted by Gasteiger charge is 2.46. The summed E-state index contributed by atoms with van der Waals surface area (Å²) in [4.78, 5) is 25.2. The van der Waals surface area contributed by atoms with Crippen LogP contribution in [0.2, 0.25) is 10.0 Å². The van der Waals surface area contributed by atoms with Gasteiger partial charge in [0.2, 0.25) is 0 Å². The average Bonchev–Trinajstić information content (AvgIpc) is 3.61. The molecule has 0 aliphatic heterocycles. The molecule has 1 heterocycles. The van der Waals surface area contributed by atoms with Crippen LogP contribution in [-0.4, -0.2) is 26.8 Å². The number of carboxylic acid groups (broad SMARTS) is 1. The van der Waals surface area contributed by atoms with E-state index in [1.54, 1.807) is 53.3 Å². The van der Waals surface area contributed by atoms with Crippen molar-refractivity contribution in [3.8, 4) is 11.1 Å². The predicted octanol–water partition coefficient (Wildman–Crippen LogP) is 7.45. The highest BCUT2D eigenvalue weighted by molar-refractivity contribution is 6.34. The van der Waals surface area contributed by atoms with Crippen LogP contribution < -0.4 is 5.32 Å². The summed E-state index contributed by atoms with van der Waals surface area (Å²) in [6.45, 7) is 0.274. The first-order valence-electron chi connectivity index (χ1n) is 12.7. The molecule has 0 bridgehead atoms. The molecule has 1 aromatic heterocycles. The molecule has 10 heteroatoms. The standard InChI is InChI=1S/C31H21Cl2F2N3O3/c32-23-9-17(10-24(33)14-23)16-38-28-21(15-36-38)11-20(19-3-6-26(34)27(35)13-19)12-25(28)29(39)37-31(7-8-31)22-4-1-18(2-5-22)30(40)41/h1-6,9-15H,7-8,16H2,(H,37,39)(H,40,41). The number of rotatable bonds is 7. The van der Waals surface area contributed by atoms with Gasteiger partial charge in [-0.25, -0.2) is 13.6 Å². The van der Waals surface area contributed by atoms with Gasteiger partial charge in [-0.05, 0) is 89.7 Å². The van der Waals surface area contributed by atoms with Crippen molar-refractivity contribution in [1.82, 2.24) is 15.1 Å². The Hall–Kier alpha value is -4.27. The van der Waals surface area contributed by atoms with Crippen LogP contribution in [-0.2, 0) is 12.1 Å². The molecule has 1 fully saturated rings. The zero-order chi connectivity index (χ0) is 28.9. The van der Waals surface area contributed by atoms with E-state index >= 15 is 0 Å². The third-order valence-electron chi connectivity index (χ3n) is 7.27. The lowest BCUT2D eigenvalue weighted by atomic mass is 9.98. The van der Waals surface area contributed by atoms with Gasteiger partial charge in [-0.3, -0.25) is 9.48 Å². The highest BCUT2D eigenvalue weighted by atomic mass is 35.5. The Balaban J connectivity index is 1.43. The molecule has 1 amide bonds. The number of carbonyl (C=O) groups excluding carboxylic acids is 1. The van der Waals surface area contributed by atoms with E-state index in [9.17, 15) is 23.5 Å². The number of halogens is 4. The fraction of sp³-hybridized carbons (Fsp3) is 0.129. The number of aromatic nitrogens is 2. The molecule has 0 saturated heterocycles. The zero-order valence-electron chi connectivity index (χ0n) is 21.3. The number of carbonyl (C=O) groups is 2. The second-order valence-electron chi connectivity index (χ2n) is 10.1. The SMILES string of the molecule is O=C(O)c1ccc(C2(NC(=O)c3cc(-c4ccc(F)c(F)c4)cc4cnn(Cc5cc(Cl)cc(Cl)c5)c34)CC2)cc1. The maximum Gasteiger partial charge on any atom is 0.335 e. The Morgan fingerprint density at radius 1 is 0.902 bits per heavy atom. The number of amides is 1. The molecule has 6 nitrogen and oxygen atoms in total. The number of aromatic carboxylic acids is 1. The van der Waals surface area contributed by atoms with Gasteiger partial charge in [0, 0.05) is 15.4 Å². The normalized spacial score (nSPS) is 13.8. The largest absolute Gasteiger partial charge is 0.478 e. The predicted molar refractivity (Wildman–Crippen MR) is 152 cm³/mol. The van der Waals surface area contributed by atoms with Gasteiger partial charge in [0.25, 0.3) is 5.91 Å². The van der Waals surface area contributed by atoms with E-state index in [2.05, 4.69) is 10.4 Å². The molecule has 0 radical (unpaired) electrons. The Kier molecular flexibility index (Phi) is 6.76. The molecule has 1 saturated carbocycles. The number of benzene rings is 4. The van der Waals surface area contributed by atoms with Crippen LogP contribution in [0.3, 0.4) is 0 Å². The second kappa shape index (κ2) is 10.3. The molecule has 206 valence electrons. The molecular formula is C31H21Cl2F2N3O3. The van der Waals surface area contributed by atoms with Gasteiger partial charge in [0.15, 0.2) is 11.6 Å². The lowest BCUT2D eigenvalue weighted by Gasteiger charge is -2.19. The number of hydrogen-bond donors (Lipinski definition) is 2. The summed E-state index contributed by atoms with van der Waals surface area (Å²) in [6.07, 6.45) is 2.97. The van der Waals surface area contributed by atoms with Crippen molar-refractivity contribution in [2.45, 2.75) is 24.9 Å². The van der Waals surface area contributed by atoms with E-state index in [4.69, 9.17) is 23.2 Å². The van der Waals surface area contributed by atoms with E-state index in [0.29, 0.717) is 50.5 Å². The topological polar surface area (TPSA) is 84.2 Å². The third kappa shape index (κ3) is 5.28. The molecule has 1 aliphatic carbocycles. The lowest BCUT2D eigenvalue weighted by Crippen LogP contribution is -2.35. The minimum Gasteiger partial charge on any atom is -0.478 e. The number of fused-ring (bicyclic) bond motifs is 1. The van der Waals surface area contributed by atoms with Crippen LogP contribution in [0.4, 0.5) is 8.78 Å². The Bertz CT molecular complexity index is 1830. The number of carboxylic acids is 1. The van der Waals surface area contributed by atoms with Gasteiger partial charge in [-0.15, -0.1) is 0 Å². The summed E-state index contributed by atoms with van der Waals surface area (Å²) >= 11 is 12.4. The minimum atomic E-state index is -1.03. The quantitative estimate of drug-likeness (QED) is 0.206. The zero-order valence-corrected chi connectivity index (χ0v) is 22.8. The van der Waals surface area contributed by atoms with Gasteiger partial charge in [0.05, 0.1) is 34.9 Å². The van der Waals surface area contributed by atoms with E-state index in [0.717, 1.165) is 23.3 Å². The van der Waals surface area contributed by atoms with E-state index in [1.807, 2.05) is 0 Å². The molecule has 0 spiro atoms. The molecule has 1 aliphatic rings. The molecule has 5 aromatic rings. The summed E-state index contributed by atoms with van der Waals surface area (Å²) in [6, 6.07) is 18.6. The smallest absolute Gasteiger partial charge is 0.335 e. The first kappa shape index (κ1) is 26.9. The second-order valence-corrected chi connectivity index (χ2v) is 11.0. The van der Waals surface area contributed by atoms with Crippen LogP contribution in [0.1, 0.15) is 44.7 Å². The van der Waals surface area contributed by atoms with Crippen LogP contribution in [0.15, 0.2) is 79.0 Å². The molecule has 2 N–H and O–H groups in total. The van der Waals surface area contributed by atoms with Crippen molar-refractivity contribution in [3.63, 3.8) is 0 Å². The number of nitrogens with one attached hydrogen (secondary N) is 1. The monoisotopic (exact) mass is 591 g/mol. The summed E-state index contributed by atoms with van der Waals surface area (Å²) in [5.41, 5.74) is 2.84. The molecular weight excluding hydrogens is 571 g/mol. The van der Waals surface area contributed by atoms with Gasteiger partial charge in [-0.2, -0.15) is 5.10 Å². The fourth-order valence-corrected chi connectivity index (χ4v) is 5.64. The average molecular weight is 592 g/mol. The van der Waals surface area contributed by atoms with Crippen molar-refractivity contribution in [3.05, 3.63) is 123 Å². The van der Waals surface area contributed by atoms with Crippen LogP contribution in [0.5, 0.6) is 0 Å². The van der Waals surface area contributed by atoms with E-state index < -0.39 is 23.1 Å². The van der Waals surface area contributed by atoms with Crippen LogP contribution in [0.25, 0.3) is 22.0 Å². The first-order chi connectivity index (χ1) is 19.6. The van der Waals surface area contributed by atoms with Gasteiger partial charge >= 0.3 is 5.97 Å². The third-order valence-corrected chi connectivity index (χ3v) is 7.71. The molecule has 41 heavy (non-hydrogen) atoms. The maximum absolute atomic E-state index is 14.1. The first-order valence-corrected chi connectivity index (χ1v) is 13.4. The highest BCUT2D eigenvalue weighted by Crippen LogP contribution is 2.46. The van der Waals surface area contributed by atoms with Gasteiger partial charge in [-0.1, -0.05) is 41.4 Å². The minimum absolute atomic E-state index is 0.154. The lowest BCUT2D eigenvalue weighted by molar-refractivity contribution is 0.0696. The van der Waals surface area contributed by atoms with Crippen molar-refractivity contribution >= 4 is 46.0 Å². The fourth-order valence-electron chi connectivity index (χ4n) is 5.07. The Morgan fingerprint density at radius 2 is 1.61 bits per heavy atom. The Morgan fingerprint density at radius 3 is 2.24 bits per heavy atom. The summed E-state index contributed by atoms with van der Waals surface area (Å²) in [5, 5.41) is 18.5. The number of nitrogens with zero attached hydrogens (tertiary/aromatic N) is 2. The van der Waals surface area contributed by atoms with Crippen molar-refractivity contribution in [1.29, 1.82) is 0 Å². The summed E-state index contributed by atoms with van der Waals surface area (Å²) in [5.74, 6) is -3.38.